The molecule has 1 amide bonds. The predicted octanol–water partition coefficient (Wildman–Crippen LogP) is 3.46. The number of morpholine rings is 1. The topological polar surface area (TPSA) is 50.8 Å². The second-order valence-corrected chi connectivity index (χ2v) is 8.25. The molecule has 1 fully saturated rings. The van der Waals surface area contributed by atoms with E-state index in [9.17, 15) is 4.79 Å². The zero-order valence-corrected chi connectivity index (χ0v) is 17.8. The molecule has 0 unspecified atom stereocenters. The lowest BCUT2D eigenvalue weighted by molar-refractivity contribution is -0.209. The second-order valence-electron chi connectivity index (χ2n) is 7.34. The zero-order valence-electron chi connectivity index (χ0n) is 16.2. The Morgan fingerprint density at radius 2 is 2.03 bits per heavy atom. The van der Waals surface area contributed by atoms with Gasteiger partial charge in [0.25, 0.3) is 0 Å². The van der Waals surface area contributed by atoms with Crippen LogP contribution in [-0.4, -0.2) is 49.9 Å². The van der Waals surface area contributed by atoms with Crippen LogP contribution in [0.25, 0.3) is 0 Å². The normalized spacial score (nSPS) is 22.4. The highest BCUT2D eigenvalue weighted by molar-refractivity contribution is 9.10. The number of hydrogen-bond acceptors (Lipinski definition) is 4. The monoisotopic (exact) mass is 456 g/mol. The number of ether oxygens (including phenoxy) is 2. The number of nitrogens with zero attached hydrogens (tertiary/aromatic N) is 1. The molecule has 5 nitrogen and oxygen atoms in total. The van der Waals surface area contributed by atoms with Gasteiger partial charge >= 0.3 is 0 Å². The molecule has 4 rings (SSSR count). The number of benzene rings is 2. The number of halogens is 1. The highest BCUT2D eigenvalue weighted by Crippen LogP contribution is 2.31. The van der Waals surface area contributed by atoms with Crippen LogP contribution >= 0.6 is 15.9 Å². The van der Waals surface area contributed by atoms with E-state index in [1.807, 2.05) is 30.3 Å². The Hall–Kier alpha value is -1.99. The summed E-state index contributed by atoms with van der Waals surface area (Å²) in [5, 5.41) is 2.86. The minimum absolute atomic E-state index is 0.00802. The first-order chi connectivity index (χ1) is 14.2. The van der Waals surface area contributed by atoms with Gasteiger partial charge in [-0.2, -0.15) is 0 Å². The van der Waals surface area contributed by atoms with Crippen molar-refractivity contribution >= 4 is 21.8 Å². The summed E-state index contributed by atoms with van der Waals surface area (Å²) < 4.78 is 13.4. The summed E-state index contributed by atoms with van der Waals surface area (Å²) in [6.45, 7) is 3.34. The fourth-order valence-corrected chi connectivity index (χ4v) is 4.31. The van der Waals surface area contributed by atoms with Gasteiger partial charge in [-0.3, -0.25) is 9.69 Å². The lowest BCUT2D eigenvalue weighted by Crippen LogP contribution is -2.47. The van der Waals surface area contributed by atoms with Crippen molar-refractivity contribution in [2.24, 2.45) is 0 Å². The van der Waals surface area contributed by atoms with Crippen molar-refractivity contribution in [1.82, 2.24) is 10.2 Å². The van der Waals surface area contributed by atoms with Crippen molar-refractivity contribution in [3.05, 3.63) is 81.8 Å². The van der Waals surface area contributed by atoms with Crippen molar-refractivity contribution in [3.8, 4) is 0 Å². The molecule has 0 saturated carbocycles. The first-order valence-corrected chi connectivity index (χ1v) is 10.7. The Morgan fingerprint density at radius 1 is 1.17 bits per heavy atom. The van der Waals surface area contributed by atoms with E-state index in [-0.39, 0.29) is 18.2 Å². The van der Waals surface area contributed by atoms with Gasteiger partial charge in [-0.15, -0.1) is 0 Å². The van der Waals surface area contributed by atoms with Crippen LogP contribution in [0, 0.1) is 0 Å². The number of carbonyl (C=O) groups is 1. The standard InChI is InChI=1S/C23H25BrN2O3/c24-20-8-4-5-17(13-20)9-11-28-23-22(19-6-2-1-3-7-19)26(10-12-29-23)16-18-14-21(27)25-15-18/h1-8,13-14,22-23H,9-12,15-16H2,(H,25,27)/t22-,23+/m0/s1. The number of hydrogen-bond donors (Lipinski definition) is 1. The molecule has 2 aliphatic rings. The molecule has 0 aliphatic carbocycles. The third-order valence-corrected chi connectivity index (χ3v) is 5.74. The highest BCUT2D eigenvalue weighted by Gasteiger charge is 2.35. The molecule has 2 aliphatic heterocycles. The highest BCUT2D eigenvalue weighted by atomic mass is 79.9. The summed E-state index contributed by atoms with van der Waals surface area (Å²) in [4.78, 5) is 13.9. The Balaban J connectivity index is 1.46. The Labute approximate surface area is 179 Å². The molecule has 152 valence electrons. The number of nitrogens with one attached hydrogen (secondary N) is 1. The Kier molecular flexibility index (Phi) is 6.77. The minimum atomic E-state index is -0.344. The summed E-state index contributed by atoms with van der Waals surface area (Å²) >= 11 is 3.52. The van der Waals surface area contributed by atoms with Crippen molar-refractivity contribution in [1.29, 1.82) is 0 Å². The maximum atomic E-state index is 11.6. The van der Waals surface area contributed by atoms with Gasteiger partial charge in [-0.05, 0) is 35.3 Å². The van der Waals surface area contributed by atoms with E-state index < -0.39 is 0 Å². The van der Waals surface area contributed by atoms with E-state index >= 15 is 0 Å². The fourth-order valence-electron chi connectivity index (χ4n) is 3.86. The van der Waals surface area contributed by atoms with Gasteiger partial charge in [0.15, 0.2) is 6.29 Å². The minimum Gasteiger partial charge on any atom is -0.350 e. The second kappa shape index (κ2) is 9.67. The molecule has 2 atom stereocenters. The van der Waals surface area contributed by atoms with Crippen molar-refractivity contribution < 1.29 is 14.3 Å². The summed E-state index contributed by atoms with van der Waals surface area (Å²) in [5.74, 6) is -0.00802. The van der Waals surface area contributed by atoms with Gasteiger partial charge in [-0.25, -0.2) is 0 Å². The summed E-state index contributed by atoms with van der Waals surface area (Å²) in [6, 6.07) is 18.6. The lowest BCUT2D eigenvalue weighted by atomic mass is 10.0. The molecule has 2 aromatic rings. The van der Waals surface area contributed by atoms with Gasteiger partial charge in [0.1, 0.15) is 0 Å². The molecule has 0 radical (unpaired) electrons. The van der Waals surface area contributed by atoms with E-state index in [4.69, 9.17) is 9.47 Å². The first kappa shape index (κ1) is 20.3. The SMILES string of the molecule is O=C1C=C(CN2CCO[C@@H](OCCc3cccc(Br)c3)[C@@H]2c2ccccc2)CN1. The lowest BCUT2D eigenvalue weighted by Gasteiger charge is -2.41. The maximum Gasteiger partial charge on any atom is 0.244 e. The molecule has 1 N–H and O–H groups in total. The van der Waals surface area contributed by atoms with Crippen LogP contribution in [0.15, 0.2) is 70.7 Å². The first-order valence-electron chi connectivity index (χ1n) is 9.93. The van der Waals surface area contributed by atoms with Crippen LogP contribution in [0.3, 0.4) is 0 Å². The van der Waals surface area contributed by atoms with Gasteiger partial charge < -0.3 is 14.8 Å². The van der Waals surface area contributed by atoms with E-state index in [1.165, 1.54) is 5.56 Å². The molecular weight excluding hydrogens is 432 g/mol. The average Bonchev–Trinajstić information content (AvgIpc) is 3.13. The summed E-state index contributed by atoms with van der Waals surface area (Å²) in [6.07, 6.45) is 2.19. The number of amides is 1. The van der Waals surface area contributed by atoms with Crippen LogP contribution in [0.2, 0.25) is 0 Å². The molecule has 2 heterocycles. The zero-order chi connectivity index (χ0) is 20.1. The Bertz CT molecular complexity index is 871. The van der Waals surface area contributed by atoms with Crippen molar-refractivity contribution in [2.75, 3.05) is 32.8 Å². The largest absolute Gasteiger partial charge is 0.350 e. The number of carbonyl (C=O) groups excluding carboxylic acids is 1. The van der Waals surface area contributed by atoms with E-state index in [1.54, 1.807) is 6.08 Å². The van der Waals surface area contributed by atoms with Gasteiger partial charge in [0.2, 0.25) is 5.91 Å². The summed E-state index contributed by atoms with van der Waals surface area (Å²) in [5.41, 5.74) is 3.49. The third-order valence-electron chi connectivity index (χ3n) is 5.25. The molecule has 1 saturated heterocycles. The molecule has 0 aromatic heterocycles. The van der Waals surface area contributed by atoms with E-state index in [0.29, 0.717) is 19.8 Å². The van der Waals surface area contributed by atoms with Crippen molar-refractivity contribution in [2.45, 2.75) is 18.8 Å². The number of rotatable bonds is 7. The molecule has 6 heteroatoms. The average molecular weight is 457 g/mol. The van der Waals surface area contributed by atoms with Crippen LogP contribution in [-0.2, 0) is 20.7 Å². The van der Waals surface area contributed by atoms with Gasteiger partial charge in [0.05, 0.1) is 19.3 Å². The fraction of sp³-hybridized carbons (Fsp3) is 0.348. The predicted molar refractivity (Wildman–Crippen MR) is 115 cm³/mol. The third kappa shape index (κ3) is 5.34. The molecule has 29 heavy (non-hydrogen) atoms. The smallest absolute Gasteiger partial charge is 0.244 e. The van der Waals surface area contributed by atoms with Crippen molar-refractivity contribution in [3.63, 3.8) is 0 Å². The Morgan fingerprint density at radius 3 is 2.79 bits per heavy atom. The van der Waals surface area contributed by atoms with Crippen LogP contribution < -0.4 is 5.32 Å². The van der Waals surface area contributed by atoms with Gasteiger partial charge in [-0.1, -0.05) is 58.4 Å². The molecular formula is C23H25BrN2O3. The quantitative estimate of drug-likeness (QED) is 0.692. The molecule has 0 spiro atoms. The van der Waals surface area contributed by atoms with E-state index in [2.05, 4.69) is 50.4 Å². The summed E-state index contributed by atoms with van der Waals surface area (Å²) in [7, 11) is 0. The van der Waals surface area contributed by atoms with Gasteiger partial charge in [0, 0.05) is 30.2 Å². The maximum absolute atomic E-state index is 11.6. The van der Waals surface area contributed by atoms with E-state index in [0.717, 1.165) is 35.1 Å². The van der Waals surface area contributed by atoms with Crippen LogP contribution in [0.1, 0.15) is 17.2 Å². The van der Waals surface area contributed by atoms with Crippen LogP contribution in [0.5, 0.6) is 0 Å². The molecule has 0 bridgehead atoms. The molecule has 2 aromatic carbocycles. The van der Waals surface area contributed by atoms with Crippen LogP contribution in [0.4, 0.5) is 0 Å².